The summed E-state index contributed by atoms with van der Waals surface area (Å²) in [5, 5.41) is 11.8. The molecule has 0 spiro atoms. The molecule has 0 atom stereocenters. The van der Waals surface area contributed by atoms with Crippen molar-refractivity contribution in [3.63, 3.8) is 0 Å². The van der Waals surface area contributed by atoms with Crippen molar-refractivity contribution in [2.24, 2.45) is 0 Å². The van der Waals surface area contributed by atoms with Crippen LogP contribution in [0.2, 0.25) is 0 Å². The molecule has 6 heteroatoms. The van der Waals surface area contributed by atoms with Crippen molar-refractivity contribution in [3.05, 3.63) is 99.8 Å². The Kier molecular flexibility index (Phi) is 6.77. The fourth-order valence-electron chi connectivity index (χ4n) is 2.55. The number of rotatable bonds is 6. The average Bonchev–Trinajstić information content (AvgIpc) is 2.74. The minimum absolute atomic E-state index is 0.00652. The lowest BCUT2D eigenvalue weighted by molar-refractivity contribution is -0.112. The zero-order chi connectivity index (χ0) is 20.6. The molecule has 3 rings (SSSR count). The van der Waals surface area contributed by atoms with Crippen molar-refractivity contribution < 1.29 is 13.9 Å². The smallest absolute Gasteiger partial charge is 0.266 e. The van der Waals surface area contributed by atoms with Gasteiger partial charge in [0.25, 0.3) is 5.91 Å². The molecule has 3 aromatic carbocycles. The van der Waals surface area contributed by atoms with E-state index in [0.717, 1.165) is 5.56 Å². The predicted octanol–water partition coefficient (Wildman–Crippen LogP) is 5.71. The molecule has 29 heavy (non-hydrogen) atoms. The summed E-state index contributed by atoms with van der Waals surface area (Å²) in [5.74, 6) is -0.769. The number of nitrogens with one attached hydrogen (secondary N) is 1. The molecule has 1 amide bonds. The number of nitriles is 1. The number of para-hydroxylation sites is 1. The lowest BCUT2D eigenvalue weighted by atomic mass is 10.1. The van der Waals surface area contributed by atoms with Crippen LogP contribution in [0.15, 0.2) is 82.8 Å². The van der Waals surface area contributed by atoms with Gasteiger partial charge >= 0.3 is 0 Å². The standard InChI is InChI=1S/C23H16BrFN2O2/c24-19-10-11-21(20(25)13-19)27-23(28)18(14-26)12-17-8-4-5-9-22(17)29-15-16-6-2-1-3-7-16/h1-13H,15H2,(H,27,28)/b18-12+. The number of hydrogen-bond acceptors (Lipinski definition) is 3. The molecule has 1 N–H and O–H groups in total. The minimum atomic E-state index is -0.702. The Morgan fingerprint density at radius 2 is 1.83 bits per heavy atom. The topological polar surface area (TPSA) is 62.1 Å². The average molecular weight is 451 g/mol. The van der Waals surface area contributed by atoms with Gasteiger partial charge in [0.15, 0.2) is 0 Å². The summed E-state index contributed by atoms with van der Waals surface area (Å²) in [6, 6.07) is 22.9. The first-order valence-corrected chi connectivity index (χ1v) is 9.50. The van der Waals surface area contributed by atoms with Gasteiger partial charge in [-0.05, 0) is 35.9 Å². The first-order chi connectivity index (χ1) is 14.1. The van der Waals surface area contributed by atoms with Crippen LogP contribution >= 0.6 is 15.9 Å². The minimum Gasteiger partial charge on any atom is -0.488 e. The van der Waals surface area contributed by atoms with Crippen molar-refractivity contribution in [2.75, 3.05) is 5.32 Å². The van der Waals surface area contributed by atoms with Crippen molar-refractivity contribution in [1.82, 2.24) is 0 Å². The zero-order valence-corrected chi connectivity index (χ0v) is 16.8. The van der Waals surface area contributed by atoms with Crippen LogP contribution in [0.3, 0.4) is 0 Å². The number of hydrogen-bond donors (Lipinski definition) is 1. The Hall–Kier alpha value is -3.43. The SMILES string of the molecule is N#C/C(=C\c1ccccc1OCc1ccccc1)C(=O)Nc1ccc(Br)cc1F. The van der Waals surface area contributed by atoms with E-state index < -0.39 is 11.7 Å². The number of carbonyl (C=O) groups is 1. The maximum Gasteiger partial charge on any atom is 0.266 e. The zero-order valence-electron chi connectivity index (χ0n) is 15.2. The van der Waals surface area contributed by atoms with E-state index in [1.54, 1.807) is 30.3 Å². The predicted molar refractivity (Wildman–Crippen MR) is 114 cm³/mol. The third-order valence-electron chi connectivity index (χ3n) is 4.00. The highest BCUT2D eigenvalue weighted by molar-refractivity contribution is 9.10. The lowest BCUT2D eigenvalue weighted by Crippen LogP contribution is -2.14. The van der Waals surface area contributed by atoms with Gasteiger partial charge in [-0.15, -0.1) is 0 Å². The largest absolute Gasteiger partial charge is 0.488 e. The Bertz CT molecular complexity index is 1090. The summed E-state index contributed by atoms with van der Waals surface area (Å²) < 4.78 is 20.4. The molecule has 0 aliphatic carbocycles. The number of nitrogens with zero attached hydrogens (tertiary/aromatic N) is 1. The quantitative estimate of drug-likeness (QED) is 0.386. The number of benzene rings is 3. The Labute approximate surface area is 176 Å². The highest BCUT2D eigenvalue weighted by atomic mass is 79.9. The summed E-state index contributed by atoms with van der Waals surface area (Å²) in [7, 11) is 0. The summed E-state index contributed by atoms with van der Waals surface area (Å²) in [6.07, 6.45) is 1.42. The maximum absolute atomic E-state index is 14.0. The van der Waals surface area contributed by atoms with Crippen LogP contribution in [0.25, 0.3) is 6.08 Å². The molecule has 0 saturated heterocycles. The molecular formula is C23H16BrFN2O2. The summed E-state index contributed by atoms with van der Waals surface area (Å²) in [5.41, 5.74) is 1.40. The molecule has 0 heterocycles. The first-order valence-electron chi connectivity index (χ1n) is 8.71. The molecule has 0 aliphatic heterocycles. The summed E-state index contributed by atoms with van der Waals surface area (Å²) >= 11 is 3.16. The monoisotopic (exact) mass is 450 g/mol. The van der Waals surface area contributed by atoms with Crippen molar-refractivity contribution in [1.29, 1.82) is 5.26 Å². The number of amides is 1. The van der Waals surface area contributed by atoms with Crippen LogP contribution in [0, 0.1) is 17.1 Å². The highest BCUT2D eigenvalue weighted by Gasteiger charge is 2.13. The second-order valence-corrected chi connectivity index (χ2v) is 6.98. The third kappa shape index (κ3) is 5.53. The summed E-state index contributed by atoms with van der Waals surface area (Å²) in [6.45, 7) is 0.351. The van der Waals surface area contributed by atoms with E-state index in [1.165, 1.54) is 18.2 Å². The highest BCUT2D eigenvalue weighted by Crippen LogP contribution is 2.24. The van der Waals surface area contributed by atoms with Gasteiger partial charge in [-0.3, -0.25) is 4.79 Å². The lowest BCUT2D eigenvalue weighted by Gasteiger charge is -2.10. The van der Waals surface area contributed by atoms with E-state index in [4.69, 9.17) is 4.74 Å². The fourth-order valence-corrected chi connectivity index (χ4v) is 2.88. The number of halogens is 2. The van der Waals surface area contributed by atoms with Gasteiger partial charge in [-0.25, -0.2) is 4.39 Å². The molecule has 0 bridgehead atoms. The van der Waals surface area contributed by atoms with Crippen molar-refractivity contribution in [3.8, 4) is 11.8 Å². The number of anilines is 1. The third-order valence-corrected chi connectivity index (χ3v) is 4.49. The second-order valence-electron chi connectivity index (χ2n) is 6.06. The van der Waals surface area contributed by atoms with Crippen molar-refractivity contribution in [2.45, 2.75) is 6.61 Å². The van der Waals surface area contributed by atoms with Gasteiger partial charge in [0.05, 0.1) is 5.69 Å². The number of ether oxygens (including phenoxy) is 1. The first kappa shape index (κ1) is 20.3. The molecule has 144 valence electrons. The Morgan fingerprint density at radius 1 is 1.10 bits per heavy atom. The van der Waals surface area contributed by atoms with Crippen LogP contribution in [0.5, 0.6) is 5.75 Å². The molecule has 0 fully saturated rings. The molecule has 0 aromatic heterocycles. The van der Waals surface area contributed by atoms with Gasteiger partial charge in [-0.1, -0.05) is 64.5 Å². The summed E-state index contributed by atoms with van der Waals surface area (Å²) in [4.78, 5) is 12.5. The van der Waals surface area contributed by atoms with Crippen molar-refractivity contribution >= 4 is 33.6 Å². The van der Waals surface area contributed by atoms with E-state index in [1.807, 2.05) is 36.4 Å². The van der Waals surface area contributed by atoms with E-state index in [-0.39, 0.29) is 11.3 Å². The van der Waals surface area contributed by atoms with Crippen LogP contribution < -0.4 is 10.1 Å². The van der Waals surface area contributed by atoms with Gasteiger partial charge in [0.2, 0.25) is 0 Å². The van der Waals surface area contributed by atoms with Crippen LogP contribution in [0.1, 0.15) is 11.1 Å². The molecule has 3 aromatic rings. The van der Waals surface area contributed by atoms with Gasteiger partial charge in [0.1, 0.15) is 29.8 Å². The molecule has 0 aliphatic rings. The Morgan fingerprint density at radius 3 is 2.55 bits per heavy atom. The van der Waals surface area contributed by atoms with E-state index in [0.29, 0.717) is 22.4 Å². The van der Waals surface area contributed by atoms with Crippen LogP contribution in [-0.4, -0.2) is 5.91 Å². The number of carbonyl (C=O) groups excluding carboxylic acids is 1. The molecule has 0 saturated carbocycles. The molecule has 4 nitrogen and oxygen atoms in total. The van der Waals surface area contributed by atoms with Crippen LogP contribution in [-0.2, 0) is 11.4 Å². The Balaban J connectivity index is 1.79. The van der Waals surface area contributed by atoms with Gasteiger partial charge in [-0.2, -0.15) is 5.26 Å². The van der Waals surface area contributed by atoms with E-state index in [9.17, 15) is 14.4 Å². The van der Waals surface area contributed by atoms with E-state index >= 15 is 0 Å². The van der Waals surface area contributed by atoms with Gasteiger partial charge < -0.3 is 10.1 Å². The molecular weight excluding hydrogens is 435 g/mol. The second kappa shape index (κ2) is 9.67. The molecule has 0 unspecified atom stereocenters. The normalized spacial score (nSPS) is 10.9. The van der Waals surface area contributed by atoms with E-state index in [2.05, 4.69) is 21.2 Å². The molecule has 0 radical (unpaired) electrons. The maximum atomic E-state index is 14.0. The fraction of sp³-hybridized carbons (Fsp3) is 0.0435. The van der Waals surface area contributed by atoms with Crippen LogP contribution in [0.4, 0.5) is 10.1 Å². The van der Waals surface area contributed by atoms with Gasteiger partial charge in [0, 0.05) is 10.0 Å².